The molecule has 0 aromatic carbocycles. The van der Waals surface area contributed by atoms with Crippen molar-refractivity contribution in [2.24, 2.45) is 0 Å². The molecule has 5 heterocycles. The first-order valence-electron chi connectivity index (χ1n) is 8.43. The Hall–Kier alpha value is -3.52. The smallest absolute Gasteiger partial charge is 0.178 e. The maximum absolute atomic E-state index is 13.5. The van der Waals surface area contributed by atoms with Gasteiger partial charge in [0.25, 0.3) is 0 Å². The first kappa shape index (κ1) is 16.6. The summed E-state index contributed by atoms with van der Waals surface area (Å²) in [4.78, 5) is 22.8. The van der Waals surface area contributed by atoms with Crippen LogP contribution in [0.3, 0.4) is 0 Å². The van der Waals surface area contributed by atoms with Crippen molar-refractivity contribution in [3.8, 4) is 32.7 Å². The molecule has 5 aromatic rings. The van der Waals surface area contributed by atoms with Crippen LogP contribution in [0.25, 0.3) is 43.6 Å². The number of nitrogens with zero attached hydrogens (tertiary/aromatic N) is 5. The van der Waals surface area contributed by atoms with Crippen molar-refractivity contribution < 1.29 is 8.81 Å². The third-order valence-corrected chi connectivity index (χ3v) is 5.44. The fourth-order valence-electron chi connectivity index (χ4n) is 2.96. The summed E-state index contributed by atoms with van der Waals surface area (Å²) in [6.45, 7) is 1.90. The van der Waals surface area contributed by atoms with E-state index in [1.54, 1.807) is 30.9 Å². The average molecular weight is 389 g/mol. The van der Waals surface area contributed by atoms with E-state index < -0.39 is 5.82 Å². The van der Waals surface area contributed by atoms with Gasteiger partial charge in [0.15, 0.2) is 5.82 Å². The van der Waals surface area contributed by atoms with Crippen LogP contribution in [-0.4, -0.2) is 24.9 Å². The zero-order valence-corrected chi connectivity index (χ0v) is 15.4. The van der Waals surface area contributed by atoms with Gasteiger partial charge in [-0.3, -0.25) is 4.98 Å². The summed E-state index contributed by atoms with van der Waals surface area (Å²) in [6, 6.07) is 6.89. The van der Waals surface area contributed by atoms with E-state index >= 15 is 0 Å². The van der Waals surface area contributed by atoms with Crippen LogP contribution in [-0.2, 0) is 0 Å². The number of hydrogen-bond donors (Lipinski definition) is 0. The predicted molar refractivity (Wildman–Crippen MR) is 104 cm³/mol. The van der Waals surface area contributed by atoms with Crippen molar-refractivity contribution in [2.75, 3.05) is 0 Å². The molecule has 0 aliphatic carbocycles. The highest BCUT2D eigenvalue weighted by molar-refractivity contribution is 7.18. The van der Waals surface area contributed by atoms with Crippen molar-refractivity contribution in [3.05, 3.63) is 66.8 Å². The molecule has 136 valence electrons. The van der Waals surface area contributed by atoms with E-state index in [9.17, 15) is 4.39 Å². The van der Waals surface area contributed by atoms with Crippen molar-refractivity contribution in [3.63, 3.8) is 0 Å². The molecule has 28 heavy (non-hydrogen) atoms. The molecule has 0 spiro atoms. The van der Waals surface area contributed by atoms with E-state index in [0.29, 0.717) is 33.4 Å². The summed E-state index contributed by atoms with van der Waals surface area (Å²) < 4.78 is 19.2. The Kier molecular flexibility index (Phi) is 3.91. The van der Waals surface area contributed by atoms with Gasteiger partial charge in [-0.25, -0.2) is 24.3 Å². The zero-order valence-electron chi connectivity index (χ0n) is 14.6. The topological polar surface area (TPSA) is 77.6 Å². The Balaban J connectivity index is 1.68. The minimum absolute atomic E-state index is 0.398. The van der Waals surface area contributed by atoms with Gasteiger partial charge in [-0.05, 0) is 25.1 Å². The van der Waals surface area contributed by atoms with Crippen LogP contribution < -0.4 is 0 Å². The van der Waals surface area contributed by atoms with E-state index in [0.717, 1.165) is 16.0 Å². The predicted octanol–water partition coefficient (Wildman–Crippen LogP) is 4.92. The molecule has 0 atom stereocenters. The minimum atomic E-state index is -0.398. The fraction of sp³-hybridized carbons (Fsp3) is 0.0500. The van der Waals surface area contributed by atoms with Gasteiger partial charge < -0.3 is 4.42 Å². The summed E-state index contributed by atoms with van der Waals surface area (Å²) in [7, 11) is 0. The Bertz CT molecular complexity index is 1300. The number of thiazole rings is 1. The molecule has 0 unspecified atom stereocenters. The molecule has 5 rings (SSSR count). The molecule has 0 saturated carbocycles. The maximum Gasteiger partial charge on any atom is 0.178 e. The van der Waals surface area contributed by atoms with Gasteiger partial charge in [-0.15, -0.1) is 11.3 Å². The van der Waals surface area contributed by atoms with Crippen molar-refractivity contribution >= 4 is 22.3 Å². The Morgan fingerprint density at radius 3 is 2.75 bits per heavy atom. The molecule has 0 saturated heterocycles. The van der Waals surface area contributed by atoms with Crippen LogP contribution in [0.2, 0.25) is 0 Å². The molecule has 0 aliphatic heterocycles. The van der Waals surface area contributed by atoms with E-state index in [1.165, 1.54) is 23.6 Å². The maximum atomic E-state index is 13.5. The normalized spacial score (nSPS) is 11.2. The van der Waals surface area contributed by atoms with Gasteiger partial charge in [0.2, 0.25) is 0 Å². The standard InChI is InChI=1S/C20H12FN5OS/c1-11-18(28-20(25-11)12-7-13(21)10-22-9-12)15-8-16-14(3-6-27-16)17(26-15)19-23-4-2-5-24-19/h2-10H,1H3. The van der Waals surface area contributed by atoms with E-state index in [2.05, 4.69) is 19.9 Å². The van der Waals surface area contributed by atoms with Crippen molar-refractivity contribution in [1.29, 1.82) is 0 Å². The van der Waals surface area contributed by atoms with Gasteiger partial charge in [-0.1, -0.05) is 0 Å². The number of rotatable bonds is 3. The molecule has 0 radical (unpaired) electrons. The van der Waals surface area contributed by atoms with Gasteiger partial charge >= 0.3 is 0 Å². The molecule has 6 nitrogen and oxygen atoms in total. The van der Waals surface area contributed by atoms with Gasteiger partial charge in [0, 0.05) is 35.6 Å². The molecular formula is C20H12FN5OS. The van der Waals surface area contributed by atoms with E-state index in [1.807, 2.05) is 19.1 Å². The third-order valence-electron chi connectivity index (χ3n) is 4.21. The van der Waals surface area contributed by atoms with Crippen LogP contribution in [0.5, 0.6) is 0 Å². The number of pyridine rings is 2. The number of hydrogen-bond acceptors (Lipinski definition) is 7. The minimum Gasteiger partial charge on any atom is -0.464 e. The fourth-order valence-corrected chi connectivity index (χ4v) is 3.97. The highest BCUT2D eigenvalue weighted by Crippen LogP contribution is 2.37. The molecule has 0 aliphatic rings. The van der Waals surface area contributed by atoms with Crippen LogP contribution in [0.15, 0.2) is 59.7 Å². The van der Waals surface area contributed by atoms with Crippen molar-refractivity contribution in [1.82, 2.24) is 24.9 Å². The second-order valence-corrected chi connectivity index (χ2v) is 7.09. The number of halogens is 1. The first-order valence-corrected chi connectivity index (χ1v) is 9.25. The van der Waals surface area contributed by atoms with Crippen LogP contribution in [0.4, 0.5) is 4.39 Å². The van der Waals surface area contributed by atoms with Crippen LogP contribution >= 0.6 is 11.3 Å². The average Bonchev–Trinajstić information content (AvgIpc) is 3.34. The second kappa shape index (κ2) is 6.58. The second-order valence-electron chi connectivity index (χ2n) is 6.09. The Labute approximate surface area is 162 Å². The monoisotopic (exact) mass is 389 g/mol. The van der Waals surface area contributed by atoms with Crippen LogP contribution in [0, 0.1) is 12.7 Å². The highest BCUT2D eigenvalue weighted by Gasteiger charge is 2.18. The van der Waals surface area contributed by atoms with E-state index in [-0.39, 0.29) is 0 Å². The number of furan rings is 1. The number of aromatic nitrogens is 5. The summed E-state index contributed by atoms with van der Waals surface area (Å²) >= 11 is 1.43. The lowest BCUT2D eigenvalue weighted by Gasteiger charge is -2.04. The first-order chi connectivity index (χ1) is 13.7. The molecular weight excluding hydrogens is 377 g/mol. The summed E-state index contributed by atoms with van der Waals surface area (Å²) in [6.07, 6.45) is 7.73. The third kappa shape index (κ3) is 2.84. The lowest BCUT2D eigenvalue weighted by atomic mass is 10.2. The van der Waals surface area contributed by atoms with Gasteiger partial charge in [-0.2, -0.15) is 0 Å². The quantitative estimate of drug-likeness (QED) is 0.436. The van der Waals surface area contributed by atoms with E-state index in [4.69, 9.17) is 9.40 Å². The SMILES string of the molecule is Cc1nc(-c2cncc(F)c2)sc1-c1cc2occc2c(-c2ncccn2)n1. The lowest BCUT2D eigenvalue weighted by Crippen LogP contribution is -1.93. The highest BCUT2D eigenvalue weighted by atomic mass is 32.1. The molecule has 8 heteroatoms. The summed E-state index contributed by atoms with van der Waals surface area (Å²) in [5, 5.41) is 1.52. The molecule has 0 fully saturated rings. The molecule has 0 bridgehead atoms. The lowest BCUT2D eigenvalue weighted by molar-refractivity contribution is 0.616. The molecule has 0 N–H and O–H groups in total. The Morgan fingerprint density at radius 1 is 1.07 bits per heavy atom. The molecule has 0 amide bonds. The summed E-state index contributed by atoms with van der Waals surface area (Å²) in [5.74, 6) is 0.123. The van der Waals surface area contributed by atoms with Gasteiger partial charge in [0.1, 0.15) is 22.1 Å². The Morgan fingerprint density at radius 2 is 1.93 bits per heavy atom. The largest absolute Gasteiger partial charge is 0.464 e. The van der Waals surface area contributed by atoms with Gasteiger partial charge in [0.05, 0.1) is 28.7 Å². The number of aryl methyl sites for hydroxylation is 1. The summed E-state index contributed by atoms with van der Waals surface area (Å²) in [5.41, 5.74) is 3.46. The van der Waals surface area contributed by atoms with Crippen molar-refractivity contribution in [2.45, 2.75) is 6.92 Å². The molecule has 5 aromatic heterocycles. The zero-order chi connectivity index (χ0) is 19.1. The van der Waals surface area contributed by atoms with Crippen LogP contribution in [0.1, 0.15) is 5.69 Å². The number of fused-ring (bicyclic) bond motifs is 1.